The molecular weight excluding hydrogens is 200 g/mol. The van der Waals surface area contributed by atoms with E-state index >= 15 is 0 Å². The van der Waals surface area contributed by atoms with E-state index in [1.807, 2.05) is 0 Å². The molecule has 0 aromatic rings. The van der Waals surface area contributed by atoms with Crippen LogP contribution in [-0.2, 0) is 4.79 Å². The Morgan fingerprint density at radius 3 is 2.62 bits per heavy atom. The fraction of sp³-hybridized carbons (Fsp3) is 0.923. The van der Waals surface area contributed by atoms with Gasteiger partial charge in [0.25, 0.3) is 0 Å². The number of hydrogen-bond acceptors (Lipinski definition) is 2. The topological polar surface area (TPSA) is 41.1 Å². The summed E-state index contributed by atoms with van der Waals surface area (Å²) in [5.74, 6) is 1.24. The van der Waals surface area contributed by atoms with E-state index < -0.39 is 0 Å². The number of rotatable bonds is 3. The molecule has 3 heteroatoms. The van der Waals surface area contributed by atoms with Gasteiger partial charge in [0.05, 0.1) is 5.92 Å². The van der Waals surface area contributed by atoms with Crippen molar-refractivity contribution in [2.75, 3.05) is 19.6 Å². The van der Waals surface area contributed by atoms with Crippen molar-refractivity contribution in [1.82, 2.24) is 10.6 Å². The monoisotopic (exact) mass is 224 g/mol. The highest BCUT2D eigenvalue weighted by atomic mass is 16.1. The summed E-state index contributed by atoms with van der Waals surface area (Å²) in [5.41, 5.74) is 0. The summed E-state index contributed by atoms with van der Waals surface area (Å²) < 4.78 is 0. The Labute approximate surface area is 98.4 Å². The minimum atomic E-state index is 0.220. The quantitative estimate of drug-likeness (QED) is 0.766. The van der Waals surface area contributed by atoms with Crippen molar-refractivity contribution in [3.8, 4) is 0 Å². The average Bonchev–Trinajstić information content (AvgIpc) is 2.38. The van der Waals surface area contributed by atoms with Gasteiger partial charge in [-0.1, -0.05) is 19.3 Å². The Hall–Kier alpha value is -0.570. The highest BCUT2D eigenvalue weighted by Crippen LogP contribution is 2.22. The van der Waals surface area contributed by atoms with Crippen molar-refractivity contribution in [2.45, 2.75) is 44.9 Å². The van der Waals surface area contributed by atoms with E-state index in [0.717, 1.165) is 38.4 Å². The molecule has 92 valence electrons. The molecule has 2 rings (SSSR count). The summed E-state index contributed by atoms with van der Waals surface area (Å²) in [5, 5.41) is 6.44. The zero-order valence-corrected chi connectivity index (χ0v) is 10.1. The molecule has 0 bridgehead atoms. The van der Waals surface area contributed by atoms with Gasteiger partial charge in [0.1, 0.15) is 0 Å². The second-order valence-corrected chi connectivity index (χ2v) is 5.29. The molecule has 1 aliphatic heterocycles. The second-order valence-electron chi connectivity index (χ2n) is 5.29. The first-order valence-corrected chi connectivity index (χ1v) is 6.84. The van der Waals surface area contributed by atoms with Gasteiger partial charge in [0.2, 0.25) is 5.91 Å². The van der Waals surface area contributed by atoms with Crippen molar-refractivity contribution >= 4 is 5.91 Å². The molecule has 16 heavy (non-hydrogen) atoms. The number of carbonyl (C=O) groups excluding carboxylic acids is 1. The molecule has 1 saturated carbocycles. The van der Waals surface area contributed by atoms with Gasteiger partial charge in [-0.2, -0.15) is 0 Å². The van der Waals surface area contributed by atoms with E-state index in [1.165, 1.54) is 32.1 Å². The van der Waals surface area contributed by atoms with Crippen LogP contribution >= 0.6 is 0 Å². The maximum absolute atomic E-state index is 11.9. The van der Waals surface area contributed by atoms with Crippen LogP contribution in [0.4, 0.5) is 0 Å². The summed E-state index contributed by atoms with van der Waals surface area (Å²) in [6, 6.07) is 0. The van der Waals surface area contributed by atoms with Crippen LogP contribution in [0, 0.1) is 11.8 Å². The first-order valence-electron chi connectivity index (χ1n) is 6.84. The third kappa shape index (κ3) is 3.48. The van der Waals surface area contributed by atoms with Crippen LogP contribution in [-0.4, -0.2) is 25.5 Å². The number of carbonyl (C=O) groups is 1. The molecule has 2 aliphatic rings. The van der Waals surface area contributed by atoms with E-state index in [4.69, 9.17) is 0 Å². The maximum atomic E-state index is 11.9. The van der Waals surface area contributed by atoms with Crippen LogP contribution in [0.1, 0.15) is 44.9 Å². The van der Waals surface area contributed by atoms with E-state index in [9.17, 15) is 4.79 Å². The Morgan fingerprint density at radius 2 is 1.94 bits per heavy atom. The predicted molar refractivity (Wildman–Crippen MR) is 65.2 cm³/mol. The van der Waals surface area contributed by atoms with Gasteiger partial charge in [-0.15, -0.1) is 0 Å². The molecule has 1 atom stereocenters. The van der Waals surface area contributed by atoms with Crippen LogP contribution in [0.2, 0.25) is 0 Å². The van der Waals surface area contributed by atoms with Crippen LogP contribution in [0.5, 0.6) is 0 Å². The minimum Gasteiger partial charge on any atom is -0.356 e. The van der Waals surface area contributed by atoms with Crippen molar-refractivity contribution in [2.24, 2.45) is 11.8 Å². The molecule has 1 aliphatic carbocycles. The lowest BCUT2D eigenvalue weighted by molar-refractivity contribution is -0.125. The highest BCUT2D eigenvalue weighted by Gasteiger charge is 2.21. The van der Waals surface area contributed by atoms with Crippen molar-refractivity contribution in [3.05, 3.63) is 0 Å². The summed E-state index contributed by atoms with van der Waals surface area (Å²) in [6.07, 6.45) is 8.91. The lowest BCUT2D eigenvalue weighted by Gasteiger charge is -2.25. The first kappa shape index (κ1) is 11.9. The molecule has 0 spiro atoms. The number of amides is 1. The number of hydrogen-bond donors (Lipinski definition) is 2. The van der Waals surface area contributed by atoms with Crippen molar-refractivity contribution < 1.29 is 4.79 Å². The SMILES string of the molecule is O=C(NCC1CCCCC1)C1CCCNC1. The average molecular weight is 224 g/mol. The maximum Gasteiger partial charge on any atom is 0.224 e. The standard InChI is InChI=1S/C13H24N2O/c16-13(12-7-4-8-14-10-12)15-9-11-5-2-1-3-6-11/h11-12,14H,1-10H2,(H,15,16). The van der Waals surface area contributed by atoms with Crippen molar-refractivity contribution in [3.63, 3.8) is 0 Å². The molecule has 0 aromatic heterocycles. The van der Waals surface area contributed by atoms with Crippen LogP contribution in [0.15, 0.2) is 0 Å². The van der Waals surface area contributed by atoms with Crippen LogP contribution in [0.25, 0.3) is 0 Å². The zero-order valence-electron chi connectivity index (χ0n) is 10.1. The Kier molecular flexibility index (Phi) is 4.64. The predicted octanol–water partition coefficient (Wildman–Crippen LogP) is 1.68. The smallest absolute Gasteiger partial charge is 0.224 e. The normalized spacial score (nSPS) is 27.6. The zero-order chi connectivity index (χ0) is 11.2. The minimum absolute atomic E-state index is 0.220. The molecule has 3 nitrogen and oxygen atoms in total. The van der Waals surface area contributed by atoms with E-state index in [2.05, 4.69) is 10.6 Å². The largest absolute Gasteiger partial charge is 0.356 e. The summed E-state index contributed by atoms with van der Waals surface area (Å²) in [4.78, 5) is 11.9. The van der Waals surface area contributed by atoms with E-state index in [0.29, 0.717) is 0 Å². The molecule has 0 radical (unpaired) electrons. The van der Waals surface area contributed by atoms with E-state index in [1.54, 1.807) is 0 Å². The molecular formula is C13H24N2O. The molecule has 0 aromatic carbocycles. The number of nitrogens with one attached hydrogen (secondary N) is 2. The molecule has 1 amide bonds. The molecule has 1 heterocycles. The van der Waals surface area contributed by atoms with Gasteiger partial charge in [0, 0.05) is 13.1 Å². The molecule has 2 fully saturated rings. The van der Waals surface area contributed by atoms with Gasteiger partial charge in [-0.3, -0.25) is 4.79 Å². The van der Waals surface area contributed by atoms with Crippen LogP contribution in [0.3, 0.4) is 0 Å². The number of piperidine rings is 1. The fourth-order valence-corrected chi connectivity index (χ4v) is 2.86. The Morgan fingerprint density at radius 1 is 1.12 bits per heavy atom. The summed E-state index contributed by atoms with van der Waals surface area (Å²) in [6.45, 7) is 2.86. The molecule has 1 saturated heterocycles. The summed E-state index contributed by atoms with van der Waals surface area (Å²) >= 11 is 0. The molecule has 2 N–H and O–H groups in total. The Bertz CT molecular complexity index is 218. The van der Waals surface area contributed by atoms with Gasteiger partial charge in [0.15, 0.2) is 0 Å². The third-order valence-electron chi connectivity index (χ3n) is 3.96. The fourth-order valence-electron chi connectivity index (χ4n) is 2.86. The second kappa shape index (κ2) is 6.24. The van der Waals surface area contributed by atoms with Crippen molar-refractivity contribution in [1.29, 1.82) is 0 Å². The first-order chi connectivity index (χ1) is 7.86. The Balaban J connectivity index is 1.65. The third-order valence-corrected chi connectivity index (χ3v) is 3.96. The highest BCUT2D eigenvalue weighted by molar-refractivity contribution is 5.78. The van der Waals surface area contributed by atoms with Gasteiger partial charge >= 0.3 is 0 Å². The van der Waals surface area contributed by atoms with Gasteiger partial charge < -0.3 is 10.6 Å². The van der Waals surface area contributed by atoms with Crippen LogP contribution < -0.4 is 10.6 Å². The lowest BCUT2D eigenvalue weighted by atomic mass is 9.89. The van der Waals surface area contributed by atoms with Gasteiger partial charge in [-0.05, 0) is 38.1 Å². The lowest BCUT2D eigenvalue weighted by Crippen LogP contribution is -2.42. The molecule has 1 unspecified atom stereocenters. The van der Waals surface area contributed by atoms with E-state index in [-0.39, 0.29) is 11.8 Å². The summed E-state index contributed by atoms with van der Waals surface area (Å²) in [7, 11) is 0. The van der Waals surface area contributed by atoms with Gasteiger partial charge in [-0.25, -0.2) is 0 Å².